The second-order valence-electron chi connectivity index (χ2n) is 10.8. The number of nitrogens with one attached hydrogen (secondary N) is 1. The molecule has 0 spiro atoms. The van der Waals surface area contributed by atoms with Crippen LogP contribution >= 0.6 is 11.3 Å². The Kier molecular flexibility index (Phi) is 7.67. The van der Waals surface area contributed by atoms with Crippen LogP contribution in [-0.4, -0.2) is 41.6 Å². The molecule has 0 aliphatic carbocycles. The molecule has 0 radical (unpaired) electrons. The zero-order chi connectivity index (χ0) is 29.4. The highest BCUT2D eigenvalue weighted by atomic mass is 32.1. The van der Waals surface area contributed by atoms with E-state index in [1.807, 2.05) is 35.2 Å². The number of aliphatic hydroxyl groups is 1. The van der Waals surface area contributed by atoms with E-state index in [9.17, 15) is 23.1 Å². The Hall–Kier alpha value is -3.89. The van der Waals surface area contributed by atoms with Crippen LogP contribution in [0, 0.1) is 12.7 Å². The molecule has 4 heterocycles. The van der Waals surface area contributed by atoms with E-state index in [4.69, 9.17) is 0 Å². The van der Waals surface area contributed by atoms with Gasteiger partial charge in [-0.3, -0.25) is 4.79 Å². The number of fused-ring (bicyclic) bond motifs is 3. The predicted molar refractivity (Wildman–Crippen MR) is 160 cm³/mol. The summed E-state index contributed by atoms with van der Waals surface area (Å²) in [6.45, 7) is 2.27. The molecule has 2 aliphatic heterocycles. The van der Waals surface area contributed by atoms with Gasteiger partial charge in [-0.1, -0.05) is 36.4 Å². The van der Waals surface area contributed by atoms with Crippen LogP contribution in [0.2, 0.25) is 0 Å². The van der Waals surface area contributed by atoms with Crippen molar-refractivity contribution in [2.45, 2.75) is 44.8 Å². The molecular weight excluding hydrogens is 561 g/mol. The number of anilines is 3. The topological polar surface area (TPSA) is 68.7 Å². The number of halogens is 3. The average Bonchev–Trinajstić information content (AvgIpc) is 3.23. The van der Waals surface area contributed by atoms with E-state index in [1.54, 1.807) is 42.2 Å². The van der Waals surface area contributed by atoms with Crippen molar-refractivity contribution in [2.75, 3.05) is 34.8 Å². The molecule has 0 bridgehead atoms. The van der Waals surface area contributed by atoms with Gasteiger partial charge in [0.15, 0.2) is 6.23 Å². The standard InChI is InChI=1S/C32H31F3N4O2S/c1-20-8-6-10-23(33)28(20)37-30(40)26-18-21-14-17-39(25-12-3-2-9-22(25)29(21)42-26)31(41)24-11-7-13-27(36-24)38-16-5-4-15-32(34,35)19-38/h2-3,6-13,18,31,41H,4-5,14-17,19H2,1H3,(H,37,40). The maximum Gasteiger partial charge on any atom is 0.265 e. The highest BCUT2D eigenvalue weighted by Gasteiger charge is 2.34. The lowest BCUT2D eigenvalue weighted by Crippen LogP contribution is -2.36. The van der Waals surface area contributed by atoms with E-state index in [2.05, 4.69) is 10.3 Å². The molecule has 1 atom stereocenters. The Morgan fingerprint density at radius 1 is 1.07 bits per heavy atom. The zero-order valence-corrected chi connectivity index (χ0v) is 23.9. The van der Waals surface area contributed by atoms with Gasteiger partial charge in [0.1, 0.15) is 11.6 Å². The van der Waals surface area contributed by atoms with E-state index in [1.165, 1.54) is 17.4 Å². The first-order valence-electron chi connectivity index (χ1n) is 14.0. The van der Waals surface area contributed by atoms with Gasteiger partial charge in [-0.25, -0.2) is 18.2 Å². The number of carbonyl (C=O) groups excluding carboxylic acids is 1. The van der Waals surface area contributed by atoms with Crippen LogP contribution in [0.4, 0.5) is 30.4 Å². The molecule has 42 heavy (non-hydrogen) atoms. The van der Waals surface area contributed by atoms with Gasteiger partial charge < -0.3 is 20.2 Å². The lowest BCUT2D eigenvalue weighted by atomic mass is 10.1. The number of carbonyl (C=O) groups is 1. The van der Waals surface area contributed by atoms with Gasteiger partial charge in [0.25, 0.3) is 11.8 Å². The number of para-hydroxylation sites is 2. The number of benzene rings is 2. The first kappa shape index (κ1) is 28.2. The summed E-state index contributed by atoms with van der Waals surface area (Å²) in [7, 11) is 0. The van der Waals surface area contributed by atoms with Crippen LogP contribution in [0.1, 0.15) is 52.0 Å². The van der Waals surface area contributed by atoms with Gasteiger partial charge in [0.2, 0.25) is 0 Å². The van der Waals surface area contributed by atoms with Crippen LogP contribution in [0.15, 0.2) is 66.7 Å². The molecule has 2 aromatic heterocycles. The molecule has 1 amide bonds. The number of amides is 1. The molecule has 10 heteroatoms. The van der Waals surface area contributed by atoms with Crippen LogP contribution < -0.4 is 15.1 Å². The molecule has 2 N–H and O–H groups in total. The Bertz CT molecular complexity index is 1600. The fourth-order valence-electron chi connectivity index (χ4n) is 5.69. The Labute approximate surface area is 246 Å². The average molecular weight is 593 g/mol. The van der Waals surface area contributed by atoms with Gasteiger partial charge in [0.05, 0.1) is 22.8 Å². The number of hydrogen-bond acceptors (Lipinski definition) is 6. The van der Waals surface area contributed by atoms with Gasteiger partial charge in [-0.05, 0) is 67.6 Å². The highest BCUT2D eigenvalue weighted by molar-refractivity contribution is 7.17. The first-order valence-corrected chi connectivity index (χ1v) is 14.8. The number of alkyl halides is 2. The molecule has 6 nitrogen and oxygen atoms in total. The fourth-order valence-corrected chi connectivity index (χ4v) is 6.83. The van der Waals surface area contributed by atoms with E-state index < -0.39 is 24.5 Å². The number of aromatic nitrogens is 1. The second-order valence-corrected chi connectivity index (χ2v) is 11.9. The molecule has 1 unspecified atom stereocenters. The predicted octanol–water partition coefficient (Wildman–Crippen LogP) is 7.19. The van der Waals surface area contributed by atoms with Crippen molar-refractivity contribution in [2.24, 2.45) is 0 Å². The van der Waals surface area contributed by atoms with E-state index in [0.29, 0.717) is 54.3 Å². The normalized spacial score (nSPS) is 17.1. The third-order valence-corrected chi connectivity index (χ3v) is 9.07. The summed E-state index contributed by atoms with van der Waals surface area (Å²) in [4.78, 5) is 22.6. The molecule has 0 saturated carbocycles. The maximum absolute atomic E-state index is 14.4. The second kappa shape index (κ2) is 11.4. The monoisotopic (exact) mass is 592 g/mol. The Morgan fingerprint density at radius 2 is 1.88 bits per heavy atom. The summed E-state index contributed by atoms with van der Waals surface area (Å²) in [5.41, 5.74) is 3.76. The summed E-state index contributed by atoms with van der Waals surface area (Å²) < 4.78 is 43.0. The fraction of sp³-hybridized carbons (Fsp3) is 0.312. The highest BCUT2D eigenvalue weighted by Crippen LogP contribution is 2.43. The summed E-state index contributed by atoms with van der Waals surface area (Å²) in [5, 5.41) is 14.3. The minimum atomic E-state index is -2.78. The summed E-state index contributed by atoms with van der Waals surface area (Å²) in [6.07, 6.45) is 0.423. The van der Waals surface area contributed by atoms with E-state index >= 15 is 0 Å². The number of aliphatic hydroxyl groups excluding tert-OH is 1. The van der Waals surface area contributed by atoms with Crippen molar-refractivity contribution >= 4 is 34.4 Å². The largest absolute Gasteiger partial charge is 0.368 e. The quantitative estimate of drug-likeness (QED) is 0.257. The molecule has 1 fully saturated rings. The van der Waals surface area contributed by atoms with Crippen molar-refractivity contribution in [1.29, 1.82) is 0 Å². The Morgan fingerprint density at radius 3 is 2.71 bits per heavy atom. The SMILES string of the molecule is Cc1cccc(F)c1NC(=O)c1cc2c(s1)-c1ccccc1N(C(O)c1cccc(N3CCCCC(F)(F)C3)n1)CC2. The van der Waals surface area contributed by atoms with Crippen LogP contribution in [-0.2, 0) is 6.42 Å². The lowest BCUT2D eigenvalue weighted by molar-refractivity contribution is 0.00334. The van der Waals surface area contributed by atoms with Crippen molar-refractivity contribution in [3.8, 4) is 10.4 Å². The summed E-state index contributed by atoms with van der Waals surface area (Å²) in [5.74, 6) is -3.22. The third kappa shape index (κ3) is 5.61. The molecule has 2 aliphatic rings. The van der Waals surface area contributed by atoms with Crippen molar-refractivity contribution in [3.63, 3.8) is 0 Å². The molecule has 1 saturated heterocycles. The number of thiophene rings is 1. The van der Waals surface area contributed by atoms with Crippen LogP contribution in [0.3, 0.4) is 0 Å². The lowest BCUT2D eigenvalue weighted by Gasteiger charge is -2.31. The minimum absolute atomic E-state index is 0.132. The van der Waals surface area contributed by atoms with Gasteiger partial charge >= 0.3 is 0 Å². The molecule has 6 rings (SSSR count). The van der Waals surface area contributed by atoms with Gasteiger partial charge in [-0.15, -0.1) is 11.3 Å². The summed E-state index contributed by atoms with van der Waals surface area (Å²) >= 11 is 1.33. The maximum atomic E-state index is 14.4. The number of aryl methyl sites for hydroxylation is 1. The third-order valence-electron chi connectivity index (χ3n) is 7.86. The van der Waals surface area contributed by atoms with Crippen LogP contribution in [0.25, 0.3) is 10.4 Å². The van der Waals surface area contributed by atoms with Crippen molar-refractivity contribution < 1.29 is 23.1 Å². The number of rotatable bonds is 5. The van der Waals surface area contributed by atoms with E-state index in [0.717, 1.165) is 21.7 Å². The summed E-state index contributed by atoms with van der Waals surface area (Å²) in [6, 6.07) is 19.3. The van der Waals surface area contributed by atoms with Gasteiger partial charge in [0, 0.05) is 35.6 Å². The van der Waals surface area contributed by atoms with Crippen molar-refractivity contribution in [1.82, 2.24) is 4.98 Å². The number of pyridine rings is 1. The number of nitrogens with zero attached hydrogens (tertiary/aromatic N) is 3. The van der Waals surface area contributed by atoms with Crippen LogP contribution in [0.5, 0.6) is 0 Å². The minimum Gasteiger partial charge on any atom is -0.368 e. The Balaban J connectivity index is 1.28. The van der Waals surface area contributed by atoms with E-state index in [-0.39, 0.29) is 18.0 Å². The molecule has 2 aromatic carbocycles. The van der Waals surface area contributed by atoms with Crippen molar-refractivity contribution in [3.05, 3.63) is 94.2 Å². The smallest absolute Gasteiger partial charge is 0.265 e. The molecule has 4 aromatic rings. The molecule has 218 valence electrons. The molecular formula is C32H31F3N4O2S. The number of hydrogen-bond donors (Lipinski definition) is 2. The first-order chi connectivity index (χ1) is 20.2. The van der Waals surface area contributed by atoms with Gasteiger partial charge in [-0.2, -0.15) is 0 Å². The zero-order valence-electron chi connectivity index (χ0n) is 23.1.